The van der Waals surface area contributed by atoms with E-state index in [1.165, 1.54) is 0 Å². The Labute approximate surface area is 163 Å². The van der Waals surface area contributed by atoms with E-state index in [4.69, 9.17) is 0 Å². The van der Waals surface area contributed by atoms with Crippen LogP contribution in [0.15, 0.2) is 36.4 Å². The summed E-state index contributed by atoms with van der Waals surface area (Å²) in [5.41, 5.74) is 2.03. The molecule has 1 amide bonds. The molecule has 2 heterocycles. The van der Waals surface area contributed by atoms with Gasteiger partial charge in [-0.05, 0) is 24.5 Å². The van der Waals surface area contributed by atoms with Gasteiger partial charge in [0.15, 0.2) is 5.78 Å². The maximum atomic E-state index is 12.4. The fraction of sp³-hybridized carbons (Fsp3) is 0.381. The summed E-state index contributed by atoms with van der Waals surface area (Å²) in [5, 5.41) is 1.03. The van der Waals surface area contributed by atoms with Crippen LogP contribution in [0.2, 0.25) is 0 Å². The lowest BCUT2D eigenvalue weighted by Crippen LogP contribution is -2.47. The monoisotopic (exact) mass is 381 g/mol. The Balaban J connectivity index is 1.29. The van der Waals surface area contributed by atoms with Crippen molar-refractivity contribution in [2.75, 3.05) is 26.2 Å². The SMILES string of the molecule is O=C1CCCc2nc(CN3CCN(C(=O)/C=C/c4ccccc4)CC3)sc21. The molecule has 140 valence electrons. The number of rotatable bonds is 4. The topological polar surface area (TPSA) is 53.5 Å². The van der Waals surface area contributed by atoms with Gasteiger partial charge in [-0.15, -0.1) is 11.3 Å². The van der Waals surface area contributed by atoms with Crippen LogP contribution in [0.4, 0.5) is 0 Å². The van der Waals surface area contributed by atoms with Crippen molar-refractivity contribution in [3.8, 4) is 0 Å². The van der Waals surface area contributed by atoms with Gasteiger partial charge in [0, 0.05) is 38.7 Å². The molecule has 0 spiro atoms. The summed E-state index contributed by atoms with van der Waals surface area (Å²) in [6.07, 6.45) is 6.03. The fourth-order valence-electron chi connectivity index (χ4n) is 3.54. The minimum Gasteiger partial charge on any atom is -0.337 e. The molecule has 1 aliphatic carbocycles. The molecule has 2 aromatic rings. The summed E-state index contributed by atoms with van der Waals surface area (Å²) in [6.45, 7) is 3.89. The van der Waals surface area contributed by atoms with Gasteiger partial charge in [-0.3, -0.25) is 14.5 Å². The number of hydrogen-bond donors (Lipinski definition) is 0. The van der Waals surface area contributed by atoms with Crippen molar-refractivity contribution >= 4 is 29.1 Å². The van der Waals surface area contributed by atoms with E-state index in [1.807, 2.05) is 41.3 Å². The summed E-state index contributed by atoms with van der Waals surface area (Å²) in [5.74, 6) is 0.314. The van der Waals surface area contributed by atoms with Crippen LogP contribution >= 0.6 is 11.3 Å². The second-order valence-corrected chi connectivity index (χ2v) is 8.09. The first-order valence-electron chi connectivity index (χ1n) is 9.45. The highest BCUT2D eigenvalue weighted by Gasteiger charge is 2.24. The van der Waals surface area contributed by atoms with Crippen molar-refractivity contribution in [2.45, 2.75) is 25.8 Å². The van der Waals surface area contributed by atoms with Gasteiger partial charge in [-0.2, -0.15) is 0 Å². The summed E-state index contributed by atoms with van der Waals surface area (Å²) in [6, 6.07) is 9.87. The van der Waals surface area contributed by atoms with E-state index in [-0.39, 0.29) is 11.7 Å². The van der Waals surface area contributed by atoms with Crippen LogP contribution in [-0.2, 0) is 17.8 Å². The molecular weight excluding hydrogens is 358 g/mol. The van der Waals surface area contributed by atoms with Crippen molar-refractivity contribution < 1.29 is 9.59 Å². The predicted molar refractivity (Wildman–Crippen MR) is 107 cm³/mol. The molecule has 1 aromatic heterocycles. The molecule has 5 nitrogen and oxygen atoms in total. The molecule has 0 N–H and O–H groups in total. The summed E-state index contributed by atoms with van der Waals surface area (Å²) in [7, 11) is 0. The van der Waals surface area contributed by atoms with E-state index < -0.39 is 0 Å². The van der Waals surface area contributed by atoms with Gasteiger partial charge in [0.2, 0.25) is 5.91 Å². The number of hydrogen-bond acceptors (Lipinski definition) is 5. The zero-order chi connectivity index (χ0) is 18.6. The smallest absolute Gasteiger partial charge is 0.246 e. The van der Waals surface area contributed by atoms with Crippen molar-refractivity contribution in [1.82, 2.24) is 14.8 Å². The van der Waals surface area contributed by atoms with Gasteiger partial charge >= 0.3 is 0 Å². The average Bonchev–Trinajstić information content (AvgIpc) is 3.11. The van der Waals surface area contributed by atoms with Crippen molar-refractivity contribution in [3.05, 3.63) is 57.6 Å². The minimum atomic E-state index is 0.0637. The number of Topliss-reactive ketones (excluding diaryl/α,β-unsaturated/α-hetero) is 1. The molecule has 0 atom stereocenters. The number of fused-ring (bicyclic) bond motifs is 1. The molecule has 0 bridgehead atoms. The van der Waals surface area contributed by atoms with E-state index in [1.54, 1.807) is 17.4 Å². The van der Waals surface area contributed by atoms with Gasteiger partial charge in [0.25, 0.3) is 0 Å². The zero-order valence-corrected chi connectivity index (χ0v) is 16.1. The number of thiazole rings is 1. The second-order valence-electron chi connectivity index (χ2n) is 7.01. The van der Waals surface area contributed by atoms with Crippen LogP contribution in [0.3, 0.4) is 0 Å². The number of nitrogens with zero attached hydrogens (tertiary/aromatic N) is 3. The third kappa shape index (κ3) is 4.34. The maximum Gasteiger partial charge on any atom is 0.246 e. The van der Waals surface area contributed by atoms with Gasteiger partial charge in [0.1, 0.15) is 5.01 Å². The zero-order valence-electron chi connectivity index (χ0n) is 15.3. The quantitative estimate of drug-likeness (QED) is 0.764. The number of carbonyl (C=O) groups excluding carboxylic acids is 2. The van der Waals surface area contributed by atoms with Gasteiger partial charge in [-0.1, -0.05) is 30.3 Å². The number of ketones is 1. The molecule has 0 radical (unpaired) electrons. The van der Waals surface area contributed by atoms with E-state index in [2.05, 4.69) is 9.88 Å². The lowest BCUT2D eigenvalue weighted by molar-refractivity contribution is -0.127. The molecule has 0 saturated carbocycles. The Morgan fingerprint density at radius 3 is 2.63 bits per heavy atom. The first-order chi connectivity index (χ1) is 13.2. The first kappa shape index (κ1) is 18.1. The maximum absolute atomic E-state index is 12.4. The van der Waals surface area contributed by atoms with Crippen molar-refractivity contribution in [1.29, 1.82) is 0 Å². The molecular formula is C21H23N3O2S. The lowest BCUT2D eigenvalue weighted by Gasteiger charge is -2.33. The highest BCUT2D eigenvalue weighted by Crippen LogP contribution is 2.27. The van der Waals surface area contributed by atoms with Crippen molar-refractivity contribution in [2.24, 2.45) is 0 Å². The number of aromatic nitrogens is 1. The molecule has 1 fully saturated rings. The summed E-state index contributed by atoms with van der Waals surface area (Å²) < 4.78 is 0. The largest absolute Gasteiger partial charge is 0.337 e. The highest BCUT2D eigenvalue weighted by molar-refractivity contribution is 7.13. The van der Waals surface area contributed by atoms with Gasteiger partial charge in [-0.25, -0.2) is 4.98 Å². The molecule has 6 heteroatoms. The minimum absolute atomic E-state index is 0.0637. The normalized spacial score (nSPS) is 18.1. The molecule has 27 heavy (non-hydrogen) atoms. The van der Waals surface area contributed by atoms with Crippen LogP contribution in [0.25, 0.3) is 6.08 Å². The van der Waals surface area contributed by atoms with Crippen molar-refractivity contribution in [3.63, 3.8) is 0 Å². The Morgan fingerprint density at radius 1 is 1.11 bits per heavy atom. The number of amides is 1. The third-order valence-electron chi connectivity index (χ3n) is 5.07. The Hall–Kier alpha value is -2.31. The fourth-order valence-corrected chi connectivity index (χ4v) is 4.66. The molecule has 1 aromatic carbocycles. The third-order valence-corrected chi connectivity index (χ3v) is 6.20. The molecule has 0 unspecified atom stereocenters. The Morgan fingerprint density at radius 2 is 1.89 bits per heavy atom. The standard InChI is InChI=1S/C21H23N3O2S/c25-18-8-4-7-17-21(18)27-19(22-17)15-23-11-13-24(14-12-23)20(26)10-9-16-5-2-1-3-6-16/h1-3,5-6,9-10H,4,7-8,11-15H2/b10-9+. The van der Waals surface area contributed by atoms with E-state index in [0.717, 1.165) is 66.7 Å². The van der Waals surface area contributed by atoms with Gasteiger partial charge < -0.3 is 4.90 Å². The highest BCUT2D eigenvalue weighted by atomic mass is 32.1. The summed E-state index contributed by atoms with van der Waals surface area (Å²) in [4.78, 5) is 34.1. The lowest BCUT2D eigenvalue weighted by atomic mass is 10.0. The van der Waals surface area contributed by atoms with Crippen LogP contribution < -0.4 is 0 Å². The van der Waals surface area contributed by atoms with Crippen LogP contribution in [0, 0.1) is 0 Å². The molecule has 1 aliphatic heterocycles. The van der Waals surface area contributed by atoms with Crippen LogP contribution in [0.5, 0.6) is 0 Å². The number of carbonyl (C=O) groups is 2. The Bertz CT molecular complexity index is 852. The van der Waals surface area contributed by atoms with E-state index >= 15 is 0 Å². The van der Waals surface area contributed by atoms with E-state index in [0.29, 0.717) is 6.42 Å². The van der Waals surface area contributed by atoms with Crippen LogP contribution in [0.1, 0.15) is 38.8 Å². The summed E-state index contributed by atoms with van der Waals surface area (Å²) >= 11 is 1.56. The average molecular weight is 382 g/mol. The number of benzene rings is 1. The van der Waals surface area contributed by atoms with Crippen LogP contribution in [-0.4, -0.2) is 52.7 Å². The number of piperazine rings is 1. The predicted octanol–water partition coefficient (Wildman–Crippen LogP) is 3.02. The second kappa shape index (κ2) is 8.15. The van der Waals surface area contributed by atoms with E-state index in [9.17, 15) is 9.59 Å². The van der Waals surface area contributed by atoms with Gasteiger partial charge in [0.05, 0.1) is 17.1 Å². The first-order valence-corrected chi connectivity index (χ1v) is 10.3. The Kier molecular flexibility index (Phi) is 5.45. The molecule has 2 aliphatic rings. The molecule has 4 rings (SSSR count). The molecule has 1 saturated heterocycles. The number of aryl methyl sites for hydroxylation is 1.